The standard InChI is InChI=1S/C14H16ClN3O/c1-2-17-12-4-3-10(8-16)5-13(12)18-9-11(7-15)6-14(18)19/h3-5,11,17H,2,6-7,9H2,1H3. The van der Waals surface area contributed by atoms with Crippen LogP contribution in [-0.4, -0.2) is 24.9 Å². The van der Waals surface area contributed by atoms with Gasteiger partial charge in [-0.05, 0) is 31.0 Å². The minimum absolute atomic E-state index is 0.0693. The fourth-order valence-electron chi connectivity index (χ4n) is 2.28. The lowest BCUT2D eigenvalue weighted by molar-refractivity contribution is -0.117. The molecule has 100 valence electrons. The molecular weight excluding hydrogens is 262 g/mol. The Balaban J connectivity index is 2.37. The van der Waals surface area contributed by atoms with Crippen molar-refractivity contribution in [1.82, 2.24) is 0 Å². The maximum Gasteiger partial charge on any atom is 0.227 e. The summed E-state index contributed by atoms with van der Waals surface area (Å²) >= 11 is 5.84. The van der Waals surface area contributed by atoms with Crippen LogP contribution in [0.15, 0.2) is 18.2 Å². The number of nitrogens with one attached hydrogen (secondary N) is 1. The fourth-order valence-corrected chi connectivity index (χ4v) is 2.49. The maximum atomic E-state index is 12.1. The molecule has 1 aliphatic rings. The number of carbonyl (C=O) groups excluding carboxylic acids is 1. The third kappa shape index (κ3) is 2.82. The molecule has 0 aliphatic carbocycles. The van der Waals surface area contributed by atoms with Gasteiger partial charge >= 0.3 is 0 Å². The highest BCUT2D eigenvalue weighted by Crippen LogP contribution is 2.32. The molecule has 19 heavy (non-hydrogen) atoms. The predicted octanol–water partition coefficient (Wildman–Crippen LogP) is 2.58. The van der Waals surface area contributed by atoms with Crippen LogP contribution >= 0.6 is 11.6 Å². The molecule has 1 atom stereocenters. The van der Waals surface area contributed by atoms with Crippen molar-refractivity contribution in [2.75, 3.05) is 29.2 Å². The summed E-state index contributed by atoms with van der Waals surface area (Å²) in [5.41, 5.74) is 2.21. The number of halogens is 1. The Morgan fingerprint density at radius 2 is 2.37 bits per heavy atom. The van der Waals surface area contributed by atoms with Gasteiger partial charge in [0, 0.05) is 25.4 Å². The number of carbonyl (C=O) groups is 1. The first-order valence-corrected chi connectivity index (χ1v) is 6.87. The zero-order chi connectivity index (χ0) is 13.8. The minimum atomic E-state index is 0.0693. The number of rotatable bonds is 4. The van der Waals surface area contributed by atoms with Crippen molar-refractivity contribution in [3.8, 4) is 6.07 Å². The van der Waals surface area contributed by atoms with Gasteiger partial charge in [-0.25, -0.2) is 0 Å². The lowest BCUT2D eigenvalue weighted by atomic mass is 10.1. The van der Waals surface area contributed by atoms with Crippen LogP contribution in [0.3, 0.4) is 0 Å². The Morgan fingerprint density at radius 1 is 1.58 bits per heavy atom. The molecule has 2 rings (SSSR count). The number of benzene rings is 1. The van der Waals surface area contributed by atoms with Crippen molar-refractivity contribution in [3.63, 3.8) is 0 Å². The molecule has 1 saturated heterocycles. The van der Waals surface area contributed by atoms with Gasteiger partial charge in [0.05, 0.1) is 23.0 Å². The average Bonchev–Trinajstić information content (AvgIpc) is 2.81. The highest BCUT2D eigenvalue weighted by Gasteiger charge is 2.31. The number of alkyl halides is 1. The van der Waals surface area contributed by atoms with E-state index in [-0.39, 0.29) is 11.8 Å². The molecule has 0 saturated carbocycles. The molecule has 1 aromatic rings. The predicted molar refractivity (Wildman–Crippen MR) is 76.5 cm³/mol. The van der Waals surface area contributed by atoms with E-state index in [0.29, 0.717) is 24.4 Å². The molecule has 4 nitrogen and oxygen atoms in total. The van der Waals surface area contributed by atoms with Gasteiger partial charge < -0.3 is 10.2 Å². The first kappa shape index (κ1) is 13.7. The van der Waals surface area contributed by atoms with Crippen LogP contribution in [0, 0.1) is 17.2 Å². The Labute approximate surface area is 118 Å². The molecule has 1 N–H and O–H groups in total. The number of nitrogens with zero attached hydrogens (tertiary/aromatic N) is 2. The van der Waals surface area contributed by atoms with E-state index in [1.807, 2.05) is 13.0 Å². The second-order valence-electron chi connectivity index (χ2n) is 4.60. The first-order valence-electron chi connectivity index (χ1n) is 6.34. The molecular formula is C14H16ClN3O. The summed E-state index contributed by atoms with van der Waals surface area (Å²) < 4.78 is 0. The first-order chi connectivity index (χ1) is 9.19. The van der Waals surface area contributed by atoms with Crippen molar-refractivity contribution in [2.45, 2.75) is 13.3 Å². The van der Waals surface area contributed by atoms with Crippen molar-refractivity contribution >= 4 is 28.9 Å². The van der Waals surface area contributed by atoms with Crippen molar-refractivity contribution in [1.29, 1.82) is 5.26 Å². The Bertz CT molecular complexity index is 524. The maximum absolute atomic E-state index is 12.1. The SMILES string of the molecule is CCNc1ccc(C#N)cc1N1CC(CCl)CC1=O. The second kappa shape index (κ2) is 5.94. The van der Waals surface area contributed by atoms with E-state index in [1.54, 1.807) is 17.0 Å². The lowest BCUT2D eigenvalue weighted by Gasteiger charge is -2.21. The van der Waals surface area contributed by atoms with Crippen LogP contribution in [0.4, 0.5) is 11.4 Å². The molecule has 0 spiro atoms. The van der Waals surface area contributed by atoms with Gasteiger partial charge in [-0.1, -0.05) is 0 Å². The monoisotopic (exact) mass is 277 g/mol. The number of nitriles is 1. The summed E-state index contributed by atoms with van der Waals surface area (Å²) in [5, 5.41) is 12.2. The van der Waals surface area contributed by atoms with Crippen molar-refractivity contribution in [2.24, 2.45) is 5.92 Å². The Hall–Kier alpha value is -1.73. The topological polar surface area (TPSA) is 56.1 Å². The number of hydrogen-bond acceptors (Lipinski definition) is 3. The van der Waals surface area contributed by atoms with Crippen LogP contribution < -0.4 is 10.2 Å². The third-order valence-corrected chi connectivity index (χ3v) is 3.64. The van der Waals surface area contributed by atoms with Crippen LogP contribution in [0.25, 0.3) is 0 Å². The van der Waals surface area contributed by atoms with Gasteiger partial charge in [0.25, 0.3) is 0 Å². The van der Waals surface area contributed by atoms with Gasteiger partial charge in [-0.15, -0.1) is 11.6 Å². The molecule has 1 unspecified atom stereocenters. The van der Waals surface area contributed by atoms with Crippen LogP contribution in [0.1, 0.15) is 18.9 Å². The summed E-state index contributed by atoms with van der Waals surface area (Å²) in [5.74, 6) is 0.741. The van der Waals surface area contributed by atoms with E-state index < -0.39 is 0 Å². The van der Waals surface area contributed by atoms with Crippen LogP contribution in [-0.2, 0) is 4.79 Å². The molecule has 0 bridgehead atoms. The zero-order valence-electron chi connectivity index (χ0n) is 10.8. The Morgan fingerprint density at radius 3 is 2.95 bits per heavy atom. The van der Waals surface area contributed by atoms with Gasteiger partial charge in [-0.2, -0.15) is 5.26 Å². The summed E-state index contributed by atoms with van der Waals surface area (Å²) in [6, 6.07) is 7.46. The quantitative estimate of drug-likeness (QED) is 0.861. The van der Waals surface area contributed by atoms with Gasteiger partial charge in [0.15, 0.2) is 0 Å². The highest BCUT2D eigenvalue weighted by molar-refractivity contribution is 6.18. The molecule has 1 amide bonds. The number of amides is 1. The smallest absolute Gasteiger partial charge is 0.227 e. The summed E-state index contributed by atoms with van der Waals surface area (Å²) in [6.45, 7) is 3.38. The molecule has 5 heteroatoms. The van der Waals surface area contributed by atoms with E-state index in [1.165, 1.54) is 0 Å². The molecule has 0 aromatic heterocycles. The summed E-state index contributed by atoms with van der Waals surface area (Å²) in [7, 11) is 0. The summed E-state index contributed by atoms with van der Waals surface area (Å²) in [4.78, 5) is 13.8. The van der Waals surface area contributed by atoms with E-state index >= 15 is 0 Å². The molecule has 1 aromatic carbocycles. The third-order valence-electron chi connectivity index (χ3n) is 3.21. The average molecular weight is 278 g/mol. The molecule has 1 fully saturated rings. The van der Waals surface area contributed by atoms with E-state index in [0.717, 1.165) is 17.9 Å². The van der Waals surface area contributed by atoms with Crippen molar-refractivity contribution in [3.05, 3.63) is 23.8 Å². The molecule has 1 heterocycles. The van der Waals surface area contributed by atoms with Gasteiger partial charge in [-0.3, -0.25) is 4.79 Å². The normalized spacial score (nSPS) is 18.5. The van der Waals surface area contributed by atoms with Gasteiger partial charge in [0.1, 0.15) is 0 Å². The zero-order valence-corrected chi connectivity index (χ0v) is 11.6. The van der Waals surface area contributed by atoms with E-state index in [2.05, 4.69) is 11.4 Å². The van der Waals surface area contributed by atoms with Gasteiger partial charge in [0.2, 0.25) is 5.91 Å². The Kier molecular flexibility index (Phi) is 4.28. The summed E-state index contributed by atoms with van der Waals surface area (Å²) in [6.07, 6.45) is 0.478. The van der Waals surface area contributed by atoms with Crippen LogP contribution in [0.5, 0.6) is 0 Å². The van der Waals surface area contributed by atoms with E-state index in [9.17, 15) is 4.79 Å². The second-order valence-corrected chi connectivity index (χ2v) is 4.91. The van der Waals surface area contributed by atoms with Crippen LogP contribution in [0.2, 0.25) is 0 Å². The van der Waals surface area contributed by atoms with E-state index in [4.69, 9.17) is 16.9 Å². The number of anilines is 2. The molecule has 1 aliphatic heterocycles. The largest absolute Gasteiger partial charge is 0.384 e. The van der Waals surface area contributed by atoms with Crippen molar-refractivity contribution < 1.29 is 4.79 Å². The lowest BCUT2D eigenvalue weighted by Crippen LogP contribution is -2.26. The fraction of sp³-hybridized carbons (Fsp3) is 0.429. The number of hydrogen-bond donors (Lipinski definition) is 1. The molecule has 0 radical (unpaired) electrons. The highest BCUT2D eigenvalue weighted by atomic mass is 35.5. The minimum Gasteiger partial charge on any atom is -0.384 e.